The Morgan fingerprint density at radius 2 is 2.22 bits per heavy atom. The molecule has 18 heavy (non-hydrogen) atoms. The van der Waals surface area contributed by atoms with Gasteiger partial charge in [0.15, 0.2) is 0 Å². The third kappa shape index (κ3) is 2.98. The second-order valence-electron chi connectivity index (χ2n) is 4.27. The lowest BCUT2D eigenvalue weighted by atomic mass is 10.2. The summed E-state index contributed by atoms with van der Waals surface area (Å²) in [5.41, 5.74) is 0.462. The zero-order chi connectivity index (χ0) is 13.0. The van der Waals surface area contributed by atoms with Crippen molar-refractivity contribution in [1.82, 2.24) is 5.32 Å². The zero-order valence-electron chi connectivity index (χ0n) is 9.87. The summed E-state index contributed by atoms with van der Waals surface area (Å²) in [5.74, 6) is -0.269. The molecular weight excluding hydrogens is 233 g/mol. The van der Waals surface area contributed by atoms with Gasteiger partial charge in [0.1, 0.15) is 17.4 Å². The highest BCUT2D eigenvalue weighted by molar-refractivity contribution is 5.80. The van der Waals surface area contributed by atoms with Crippen LogP contribution in [0.5, 0.6) is 0 Å². The van der Waals surface area contributed by atoms with E-state index in [4.69, 9.17) is 5.26 Å². The van der Waals surface area contributed by atoms with Crippen LogP contribution in [0, 0.1) is 23.1 Å². The van der Waals surface area contributed by atoms with Crippen LogP contribution in [0.25, 0.3) is 0 Å². The van der Waals surface area contributed by atoms with Crippen molar-refractivity contribution >= 4 is 11.6 Å². The highest BCUT2D eigenvalue weighted by atomic mass is 19.1. The Labute approximate surface area is 105 Å². The van der Waals surface area contributed by atoms with Gasteiger partial charge in [0, 0.05) is 19.0 Å². The molecule has 4 nitrogen and oxygen atoms in total. The predicted molar refractivity (Wildman–Crippen MR) is 65.3 cm³/mol. The Bertz CT molecular complexity index is 491. The van der Waals surface area contributed by atoms with Crippen molar-refractivity contribution in [2.75, 3.05) is 18.4 Å². The Morgan fingerprint density at radius 1 is 1.44 bits per heavy atom. The summed E-state index contributed by atoms with van der Waals surface area (Å²) in [6.07, 6.45) is 1.95. The molecule has 2 N–H and O–H groups in total. The van der Waals surface area contributed by atoms with E-state index in [1.54, 1.807) is 12.1 Å². The van der Waals surface area contributed by atoms with Crippen LogP contribution in [0.3, 0.4) is 0 Å². The molecule has 0 spiro atoms. The van der Waals surface area contributed by atoms with E-state index >= 15 is 0 Å². The molecule has 0 aliphatic heterocycles. The van der Waals surface area contributed by atoms with E-state index in [2.05, 4.69) is 10.6 Å². The molecule has 1 fully saturated rings. The number of benzene rings is 1. The second-order valence-corrected chi connectivity index (χ2v) is 4.27. The summed E-state index contributed by atoms with van der Waals surface area (Å²) in [4.78, 5) is 11.3. The number of nitrogens with one attached hydrogen (secondary N) is 2. The van der Waals surface area contributed by atoms with Gasteiger partial charge in [0.05, 0.1) is 5.69 Å². The first-order chi connectivity index (χ1) is 8.72. The van der Waals surface area contributed by atoms with Crippen molar-refractivity contribution in [3.63, 3.8) is 0 Å². The number of hydrogen-bond donors (Lipinski definition) is 2. The molecular formula is C13H14FN3O. The molecule has 0 aromatic heterocycles. The average molecular weight is 247 g/mol. The fourth-order valence-corrected chi connectivity index (χ4v) is 1.66. The molecule has 1 saturated carbocycles. The number of carbonyl (C=O) groups excluding carboxylic acids is 1. The third-order valence-corrected chi connectivity index (χ3v) is 2.81. The molecule has 0 bridgehead atoms. The van der Waals surface area contributed by atoms with Gasteiger partial charge in [-0.3, -0.25) is 4.79 Å². The van der Waals surface area contributed by atoms with Crippen LogP contribution in [0.1, 0.15) is 18.4 Å². The molecule has 1 aromatic rings. The summed E-state index contributed by atoms with van der Waals surface area (Å²) in [5, 5.41) is 14.6. The normalized spacial score (nSPS) is 13.8. The molecule has 0 heterocycles. The standard InChI is InChI=1S/C13H14FN3O/c14-11-2-1-3-12(10(11)8-15)16-6-7-17-13(18)9-4-5-9/h1-3,9,16H,4-7H2,(H,17,18). The topological polar surface area (TPSA) is 64.9 Å². The third-order valence-electron chi connectivity index (χ3n) is 2.81. The van der Waals surface area contributed by atoms with E-state index in [1.807, 2.05) is 6.07 Å². The molecule has 1 amide bonds. The first-order valence-corrected chi connectivity index (χ1v) is 5.92. The van der Waals surface area contributed by atoms with E-state index in [1.165, 1.54) is 6.07 Å². The fraction of sp³-hybridized carbons (Fsp3) is 0.385. The maximum Gasteiger partial charge on any atom is 0.223 e. The summed E-state index contributed by atoms with van der Waals surface area (Å²) < 4.78 is 13.3. The Kier molecular flexibility index (Phi) is 3.78. The van der Waals surface area contributed by atoms with Gasteiger partial charge in [0.2, 0.25) is 5.91 Å². The number of rotatable bonds is 5. The molecule has 1 aliphatic carbocycles. The molecule has 0 saturated heterocycles. The summed E-state index contributed by atoms with van der Waals surface area (Å²) in [6.45, 7) is 0.938. The van der Waals surface area contributed by atoms with Crippen LogP contribution in [-0.2, 0) is 4.79 Å². The van der Waals surface area contributed by atoms with E-state index in [9.17, 15) is 9.18 Å². The predicted octanol–water partition coefficient (Wildman–Crippen LogP) is 1.64. The number of carbonyl (C=O) groups is 1. The largest absolute Gasteiger partial charge is 0.382 e. The van der Waals surface area contributed by atoms with Gasteiger partial charge in [-0.2, -0.15) is 5.26 Å². The Balaban J connectivity index is 1.81. The highest BCUT2D eigenvalue weighted by Crippen LogP contribution is 2.28. The SMILES string of the molecule is N#Cc1c(F)cccc1NCCNC(=O)C1CC1. The molecule has 5 heteroatoms. The van der Waals surface area contributed by atoms with Crippen molar-refractivity contribution in [2.45, 2.75) is 12.8 Å². The van der Waals surface area contributed by atoms with Crippen molar-refractivity contribution in [2.24, 2.45) is 5.92 Å². The first-order valence-electron chi connectivity index (χ1n) is 5.92. The molecule has 2 rings (SSSR count). The number of hydrogen-bond acceptors (Lipinski definition) is 3. The number of anilines is 1. The van der Waals surface area contributed by atoms with Crippen LogP contribution in [0.15, 0.2) is 18.2 Å². The molecule has 0 atom stereocenters. The van der Waals surface area contributed by atoms with E-state index < -0.39 is 5.82 Å². The summed E-state index contributed by atoms with van der Waals surface area (Å²) in [6, 6.07) is 6.25. The number of amides is 1. The maximum absolute atomic E-state index is 13.3. The van der Waals surface area contributed by atoms with Gasteiger partial charge in [0.25, 0.3) is 0 Å². The van der Waals surface area contributed by atoms with Gasteiger partial charge in [-0.1, -0.05) is 6.07 Å². The molecule has 0 radical (unpaired) electrons. The number of halogens is 1. The Hall–Kier alpha value is -2.09. The lowest BCUT2D eigenvalue weighted by molar-refractivity contribution is -0.122. The number of nitriles is 1. The smallest absolute Gasteiger partial charge is 0.223 e. The van der Waals surface area contributed by atoms with E-state index in [0.29, 0.717) is 18.8 Å². The quantitative estimate of drug-likeness (QED) is 0.777. The van der Waals surface area contributed by atoms with Crippen molar-refractivity contribution in [3.8, 4) is 6.07 Å². The van der Waals surface area contributed by atoms with Crippen molar-refractivity contribution in [1.29, 1.82) is 5.26 Å². The minimum atomic E-state index is -0.537. The van der Waals surface area contributed by atoms with Crippen molar-refractivity contribution in [3.05, 3.63) is 29.6 Å². The molecule has 94 valence electrons. The van der Waals surface area contributed by atoms with Crippen LogP contribution in [-0.4, -0.2) is 19.0 Å². The van der Waals surface area contributed by atoms with Gasteiger partial charge in [-0.25, -0.2) is 4.39 Å². The lowest BCUT2D eigenvalue weighted by Gasteiger charge is -2.09. The molecule has 1 aliphatic rings. The number of nitrogens with zero attached hydrogens (tertiary/aromatic N) is 1. The van der Waals surface area contributed by atoms with Gasteiger partial charge < -0.3 is 10.6 Å². The lowest BCUT2D eigenvalue weighted by Crippen LogP contribution is -2.29. The van der Waals surface area contributed by atoms with E-state index in [0.717, 1.165) is 12.8 Å². The fourth-order valence-electron chi connectivity index (χ4n) is 1.66. The zero-order valence-corrected chi connectivity index (χ0v) is 9.87. The minimum Gasteiger partial charge on any atom is -0.382 e. The average Bonchev–Trinajstić information content (AvgIpc) is 3.18. The Morgan fingerprint density at radius 3 is 2.89 bits per heavy atom. The second kappa shape index (κ2) is 5.50. The van der Waals surface area contributed by atoms with Crippen molar-refractivity contribution < 1.29 is 9.18 Å². The summed E-state index contributed by atoms with van der Waals surface area (Å²) >= 11 is 0. The minimum absolute atomic E-state index is 0.00557. The molecule has 0 unspecified atom stereocenters. The van der Waals surface area contributed by atoms with Crippen LogP contribution < -0.4 is 10.6 Å². The van der Waals surface area contributed by atoms with Crippen LogP contribution in [0.2, 0.25) is 0 Å². The van der Waals surface area contributed by atoms with Crippen LogP contribution in [0.4, 0.5) is 10.1 Å². The van der Waals surface area contributed by atoms with Gasteiger partial charge in [-0.15, -0.1) is 0 Å². The van der Waals surface area contributed by atoms with Gasteiger partial charge >= 0.3 is 0 Å². The van der Waals surface area contributed by atoms with Crippen LogP contribution >= 0.6 is 0 Å². The maximum atomic E-state index is 13.3. The highest BCUT2D eigenvalue weighted by Gasteiger charge is 2.28. The summed E-state index contributed by atoms with van der Waals surface area (Å²) in [7, 11) is 0. The monoisotopic (exact) mass is 247 g/mol. The molecule has 1 aromatic carbocycles. The first kappa shape index (κ1) is 12.4. The van der Waals surface area contributed by atoms with E-state index in [-0.39, 0.29) is 17.4 Å². The van der Waals surface area contributed by atoms with Gasteiger partial charge in [-0.05, 0) is 25.0 Å².